The lowest BCUT2D eigenvalue weighted by molar-refractivity contribution is 0.0172. The molecule has 4 heterocycles. The van der Waals surface area contributed by atoms with Gasteiger partial charge in [0.25, 0.3) is 5.91 Å². The standard InChI is InChI=1S/C37H52FN5O3/c1-24(2)43(25(3)4)35(44)31-18-30(38)9-10-32(31)42-23-29(34-26(5)19-39-20-33(34)42)17-28-11-14-40(22-28)21-27-12-15-41(16-13-27)36(45)46-37(6,7)8/h9-10,18-20,23-25,27-28H,11-17,21-22H2,1-8H3/t28-/m0/s1. The van der Waals surface area contributed by atoms with Crippen LogP contribution in [-0.2, 0) is 11.2 Å². The topological polar surface area (TPSA) is 70.9 Å². The molecule has 3 aromatic rings. The van der Waals surface area contributed by atoms with Crippen molar-refractivity contribution in [1.29, 1.82) is 0 Å². The Labute approximate surface area is 273 Å². The van der Waals surface area contributed by atoms with Gasteiger partial charge in [0.15, 0.2) is 0 Å². The largest absolute Gasteiger partial charge is 0.444 e. The average Bonchev–Trinajstić information content (AvgIpc) is 3.57. The summed E-state index contributed by atoms with van der Waals surface area (Å²) in [4.78, 5) is 37.1. The smallest absolute Gasteiger partial charge is 0.410 e. The quantitative estimate of drug-likeness (QED) is 0.262. The number of aryl methyl sites for hydroxylation is 1. The number of rotatable bonds is 8. The fourth-order valence-electron chi connectivity index (χ4n) is 7.44. The lowest BCUT2D eigenvalue weighted by Crippen LogP contribution is -2.43. The van der Waals surface area contributed by atoms with Crippen molar-refractivity contribution in [2.75, 3.05) is 32.7 Å². The highest BCUT2D eigenvalue weighted by molar-refractivity contribution is 5.99. The highest BCUT2D eigenvalue weighted by Gasteiger charge is 2.31. The first-order valence-electron chi connectivity index (χ1n) is 17.0. The third-order valence-corrected chi connectivity index (χ3v) is 9.44. The summed E-state index contributed by atoms with van der Waals surface area (Å²) in [6, 6.07) is 4.48. The van der Waals surface area contributed by atoms with Crippen molar-refractivity contribution in [2.24, 2.45) is 11.8 Å². The van der Waals surface area contributed by atoms with E-state index in [1.807, 2.05) is 75.2 Å². The maximum absolute atomic E-state index is 14.6. The number of aromatic nitrogens is 2. The van der Waals surface area contributed by atoms with Gasteiger partial charge in [-0.1, -0.05) is 0 Å². The van der Waals surface area contributed by atoms with Gasteiger partial charge in [0, 0.05) is 56.0 Å². The van der Waals surface area contributed by atoms with Crippen LogP contribution >= 0.6 is 0 Å². The molecule has 0 bridgehead atoms. The van der Waals surface area contributed by atoms with E-state index < -0.39 is 11.4 Å². The zero-order valence-electron chi connectivity index (χ0n) is 29.0. The molecular weight excluding hydrogens is 581 g/mol. The number of likely N-dealkylation sites (tertiary alicyclic amines) is 2. The molecule has 1 atom stereocenters. The number of halogens is 1. The van der Waals surface area contributed by atoms with Crippen molar-refractivity contribution < 1.29 is 18.7 Å². The Balaban J connectivity index is 1.31. The molecule has 0 spiro atoms. The summed E-state index contributed by atoms with van der Waals surface area (Å²) in [6.45, 7) is 20.5. The maximum Gasteiger partial charge on any atom is 0.410 e. The van der Waals surface area contributed by atoms with Gasteiger partial charge in [-0.05, 0) is 129 Å². The zero-order valence-corrected chi connectivity index (χ0v) is 29.0. The van der Waals surface area contributed by atoms with Crippen LogP contribution in [0.4, 0.5) is 9.18 Å². The number of hydrogen-bond acceptors (Lipinski definition) is 5. The predicted molar refractivity (Wildman–Crippen MR) is 181 cm³/mol. The van der Waals surface area contributed by atoms with Crippen LogP contribution in [0.5, 0.6) is 0 Å². The molecule has 46 heavy (non-hydrogen) atoms. The number of hydrogen-bond donors (Lipinski definition) is 0. The predicted octanol–water partition coefficient (Wildman–Crippen LogP) is 7.24. The van der Waals surface area contributed by atoms with Crippen LogP contribution in [0.15, 0.2) is 36.8 Å². The van der Waals surface area contributed by atoms with Gasteiger partial charge in [-0.2, -0.15) is 0 Å². The highest BCUT2D eigenvalue weighted by atomic mass is 19.1. The summed E-state index contributed by atoms with van der Waals surface area (Å²) in [5.41, 5.74) is 3.83. The van der Waals surface area contributed by atoms with Gasteiger partial charge in [-0.25, -0.2) is 9.18 Å². The minimum atomic E-state index is -0.471. The van der Waals surface area contributed by atoms with Crippen molar-refractivity contribution in [2.45, 2.75) is 98.8 Å². The van der Waals surface area contributed by atoms with Crippen LogP contribution in [0.2, 0.25) is 0 Å². The highest BCUT2D eigenvalue weighted by Crippen LogP contribution is 2.33. The normalized spacial score (nSPS) is 18.2. The molecule has 2 fully saturated rings. The van der Waals surface area contributed by atoms with E-state index in [1.165, 1.54) is 17.7 Å². The van der Waals surface area contributed by atoms with Crippen LogP contribution in [-0.4, -0.2) is 86.7 Å². The Morgan fingerprint density at radius 3 is 2.35 bits per heavy atom. The molecule has 0 saturated carbocycles. The number of carbonyl (C=O) groups is 2. The van der Waals surface area contributed by atoms with Gasteiger partial charge in [0.2, 0.25) is 0 Å². The molecule has 2 amide bonds. The molecule has 0 N–H and O–H groups in total. The van der Waals surface area contributed by atoms with Crippen molar-refractivity contribution in [3.8, 4) is 5.69 Å². The van der Waals surface area contributed by atoms with E-state index in [1.54, 1.807) is 6.07 Å². The number of pyridine rings is 1. The van der Waals surface area contributed by atoms with E-state index in [9.17, 15) is 14.0 Å². The second-order valence-electron chi connectivity index (χ2n) is 15.0. The first-order valence-corrected chi connectivity index (χ1v) is 17.0. The number of nitrogens with zero attached hydrogens (tertiary/aromatic N) is 5. The van der Waals surface area contributed by atoms with E-state index in [0.29, 0.717) is 23.1 Å². The Morgan fingerprint density at radius 1 is 1.02 bits per heavy atom. The number of fused-ring (bicyclic) bond motifs is 1. The number of benzene rings is 1. The van der Waals surface area contributed by atoms with Crippen molar-refractivity contribution in [3.05, 3.63) is 59.3 Å². The average molecular weight is 634 g/mol. The summed E-state index contributed by atoms with van der Waals surface area (Å²) in [6.07, 6.45) is 9.77. The molecule has 2 aromatic heterocycles. The van der Waals surface area contributed by atoms with E-state index in [0.717, 1.165) is 74.9 Å². The lowest BCUT2D eigenvalue weighted by Gasteiger charge is -2.34. The van der Waals surface area contributed by atoms with Gasteiger partial charge in [-0.3, -0.25) is 9.78 Å². The van der Waals surface area contributed by atoms with Crippen LogP contribution < -0.4 is 0 Å². The van der Waals surface area contributed by atoms with Crippen LogP contribution in [0.25, 0.3) is 16.6 Å². The molecule has 9 heteroatoms. The number of ether oxygens (including phenoxy) is 1. The number of piperidine rings is 1. The Morgan fingerprint density at radius 2 is 1.70 bits per heavy atom. The Hall–Kier alpha value is -3.46. The van der Waals surface area contributed by atoms with E-state index >= 15 is 0 Å². The molecule has 0 aliphatic carbocycles. The summed E-state index contributed by atoms with van der Waals surface area (Å²) in [7, 11) is 0. The molecule has 2 saturated heterocycles. The van der Waals surface area contributed by atoms with Gasteiger partial charge < -0.3 is 24.0 Å². The van der Waals surface area contributed by atoms with Crippen LogP contribution in [0.3, 0.4) is 0 Å². The van der Waals surface area contributed by atoms with Crippen LogP contribution in [0.1, 0.15) is 89.2 Å². The minimum absolute atomic E-state index is 0.0210. The number of amides is 2. The third-order valence-electron chi connectivity index (χ3n) is 9.44. The van der Waals surface area contributed by atoms with E-state index in [2.05, 4.69) is 23.0 Å². The molecule has 0 unspecified atom stereocenters. The molecule has 2 aliphatic heterocycles. The summed E-state index contributed by atoms with van der Waals surface area (Å²) >= 11 is 0. The first-order chi connectivity index (χ1) is 21.7. The number of carbonyl (C=O) groups excluding carboxylic acids is 2. The lowest BCUT2D eigenvalue weighted by atomic mass is 9.96. The van der Waals surface area contributed by atoms with Crippen molar-refractivity contribution in [1.82, 2.24) is 24.3 Å². The summed E-state index contributed by atoms with van der Waals surface area (Å²) in [5.74, 6) is 0.498. The second-order valence-corrected chi connectivity index (χ2v) is 15.0. The third kappa shape index (κ3) is 7.56. The van der Waals surface area contributed by atoms with E-state index in [4.69, 9.17) is 4.74 Å². The zero-order chi connectivity index (χ0) is 33.3. The monoisotopic (exact) mass is 633 g/mol. The fourth-order valence-corrected chi connectivity index (χ4v) is 7.44. The van der Waals surface area contributed by atoms with Crippen molar-refractivity contribution >= 4 is 22.9 Å². The molecule has 250 valence electrons. The Bertz CT molecular complexity index is 1540. The molecular formula is C37H52FN5O3. The van der Waals surface area contributed by atoms with Crippen LogP contribution in [0, 0.1) is 24.6 Å². The summed E-state index contributed by atoms with van der Waals surface area (Å²) < 4.78 is 22.3. The molecule has 0 radical (unpaired) electrons. The van der Waals surface area contributed by atoms with Gasteiger partial charge in [-0.15, -0.1) is 0 Å². The van der Waals surface area contributed by atoms with E-state index in [-0.39, 0.29) is 24.1 Å². The van der Waals surface area contributed by atoms with Gasteiger partial charge >= 0.3 is 6.09 Å². The Kier molecular flexibility index (Phi) is 10.1. The second kappa shape index (κ2) is 13.7. The SMILES string of the molecule is Cc1cncc2c1c(C[C@@H]1CCN(CC3CCN(C(=O)OC(C)(C)C)CC3)C1)cn2-c1ccc(F)cc1C(=O)N(C(C)C)C(C)C. The molecule has 2 aliphatic rings. The molecule has 5 rings (SSSR count). The summed E-state index contributed by atoms with van der Waals surface area (Å²) in [5, 5.41) is 1.16. The first kappa shape index (κ1) is 33.9. The van der Waals surface area contributed by atoms with Gasteiger partial charge in [0.1, 0.15) is 11.4 Å². The molecule has 8 nitrogen and oxygen atoms in total. The fraction of sp³-hybridized carbons (Fsp3) is 0.595. The molecule has 1 aromatic carbocycles. The maximum atomic E-state index is 14.6. The van der Waals surface area contributed by atoms with Gasteiger partial charge in [0.05, 0.1) is 23.0 Å². The van der Waals surface area contributed by atoms with Crippen molar-refractivity contribution in [3.63, 3.8) is 0 Å². The minimum Gasteiger partial charge on any atom is -0.444 e.